The second-order valence-corrected chi connectivity index (χ2v) is 6.35. The number of nitrogens with zero attached hydrogens (tertiary/aromatic N) is 1. The van der Waals surface area contributed by atoms with Crippen molar-refractivity contribution in [1.29, 1.82) is 0 Å². The maximum Gasteiger partial charge on any atom is 0.290 e. The van der Waals surface area contributed by atoms with Crippen LogP contribution < -0.4 is 4.90 Å². The van der Waals surface area contributed by atoms with Gasteiger partial charge in [0.15, 0.2) is 11.5 Å². The van der Waals surface area contributed by atoms with Crippen LogP contribution in [0.1, 0.15) is 18.5 Å². The Morgan fingerprint density at radius 1 is 1.36 bits per heavy atom. The van der Waals surface area contributed by atoms with Crippen molar-refractivity contribution in [2.75, 3.05) is 39.4 Å². The molecule has 25 heavy (non-hydrogen) atoms. The summed E-state index contributed by atoms with van der Waals surface area (Å²) in [5.74, 6) is -2.12. The molecule has 0 radical (unpaired) electrons. The molecule has 0 bridgehead atoms. The van der Waals surface area contributed by atoms with Gasteiger partial charge in [-0.05, 0) is 13.0 Å². The van der Waals surface area contributed by atoms with E-state index in [0.29, 0.717) is 26.3 Å². The van der Waals surface area contributed by atoms with Crippen LogP contribution in [0.3, 0.4) is 0 Å². The molecule has 1 aromatic rings. The molecule has 1 atom stereocenters. The number of morpholine rings is 1. The number of benzene rings is 1. The first-order valence-electron chi connectivity index (χ1n) is 8.41. The van der Waals surface area contributed by atoms with Crippen LogP contribution in [-0.2, 0) is 14.3 Å². The van der Waals surface area contributed by atoms with Gasteiger partial charge in [-0.25, -0.2) is 4.39 Å². The summed E-state index contributed by atoms with van der Waals surface area (Å²) in [4.78, 5) is 27.2. The number of nitrogens with one attached hydrogen (secondary N) is 1. The largest absolute Gasteiger partial charge is 0.503 e. The number of Topliss-reactive ketones (excluding diaryl/α,β-unsaturated/α-hetero) is 1. The van der Waals surface area contributed by atoms with Crippen molar-refractivity contribution < 1.29 is 28.7 Å². The van der Waals surface area contributed by atoms with Crippen LogP contribution in [0.5, 0.6) is 0 Å². The second-order valence-electron chi connectivity index (χ2n) is 6.35. The summed E-state index contributed by atoms with van der Waals surface area (Å²) in [6, 6.07) is 5.16. The summed E-state index contributed by atoms with van der Waals surface area (Å²) < 4.78 is 19.6. The zero-order chi connectivity index (χ0) is 18.0. The minimum Gasteiger partial charge on any atom is -0.503 e. The summed E-state index contributed by atoms with van der Waals surface area (Å²) in [5.41, 5.74) is 0.189. The van der Waals surface area contributed by atoms with Gasteiger partial charge in [0.1, 0.15) is 18.9 Å². The molecule has 0 unspecified atom stereocenters. The average Bonchev–Trinajstić information content (AvgIpc) is 2.85. The molecule has 7 heteroatoms. The Kier molecular flexibility index (Phi) is 5.15. The molecule has 0 spiro atoms. The van der Waals surface area contributed by atoms with Crippen LogP contribution in [0.4, 0.5) is 4.39 Å². The van der Waals surface area contributed by atoms with Crippen molar-refractivity contribution in [3.63, 3.8) is 0 Å². The van der Waals surface area contributed by atoms with Crippen molar-refractivity contribution in [1.82, 2.24) is 4.90 Å². The Balaban J connectivity index is 1.88. The molecule has 0 aliphatic carbocycles. The van der Waals surface area contributed by atoms with Crippen LogP contribution in [0.2, 0.25) is 0 Å². The number of halogens is 1. The SMILES string of the molecule is CC(=O)C1=C(O)C(=O)N(CC[NH+]2CCOCC2)[C@@H]1c1ccccc1F. The summed E-state index contributed by atoms with van der Waals surface area (Å²) in [5, 5.41) is 10.2. The van der Waals surface area contributed by atoms with Crippen LogP contribution in [-0.4, -0.2) is 61.1 Å². The number of carbonyl (C=O) groups excluding carboxylic acids is 2. The predicted octanol–water partition coefficient (Wildman–Crippen LogP) is 0.0252. The van der Waals surface area contributed by atoms with Gasteiger partial charge in [-0.2, -0.15) is 0 Å². The number of amides is 1. The Morgan fingerprint density at radius 3 is 2.68 bits per heavy atom. The number of aliphatic hydroxyl groups is 1. The van der Waals surface area contributed by atoms with E-state index < -0.39 is 29.3 Å². The van der Waals surface area contributed by atoms with E-state index in [0.717, 1.165) is 13.1 Å². The molecular formula is C18H22FN2O4+. The van der Waals surface area contributed by atoms with Gasteiger partial charge >= 0.3 is 0 Å². The van der Waals surface area contributed by atoms with Crippen molar-refractivity contribution in [2.24, 2.45) is 0 Å². The van der Waals surface area contributed by atoms with Gasteiger partial charge in [-0.1, -0.05) is 18.2 Å². The first-order valence-corrected chi connectivity index (χ1v) is 8.41. The highest BCUT2D eigenvalue weighted by Gasteiger charge is 2.43. The number of hydrogen-bond donors (Lipinski definition) is 2. The molecule has 3 rings (SSSR count). The van der Waals surface area contributed by atoms with Crippen LogP contribution in [0.15, 0.2) is 35.6 Å². The van der Waals surface area contributed by atoms with Crippen LogP contribution in [0.25, 0.3) is 0 Å². The third-order valence-corrected chi connectivity index (χ3v) is 4.79. The quantitative estimate of drug-likeness (QED) is 0.787. The molecule has 1 saturated heterocycles. The third kappa shape index (κ3) is 3.43. The number of hydrogen-bond acceptors (Lipinski definition) is 4. The van der Waals surface area contributed by atoms with E-state index in [4.69, 9.17) is 4.74 Å². The molecule has 1 aromatic carbocycles. The lowest BCUT2D eigenvalue weighted by atomic mass is 9.96. The number of ether oxygens (including phenoxy) is 1. The zero-order valence-electron chi connectivity index (χ0n) is 14.1. The van der Waals surface area contributed by atoms with Gasteiger partial charge in [0.05, 0.1) is 37.9 Å². The fourth-order valence-electron chi connectivity index (χ4n) is 3.45. The molecule has 2 heterocycles. The highest BCUT2D eigenvalue weighted by atomic mass is 19.1. The molecule has 2 aliphatic heterocycles. The summed E-state index contributed by atoms with van der Waals surface area (Å²) >= 11 is 0. The van der Waals surface area contributed by atoms with E-state index >= 15 is 0 Å². The van der Waals surface area contributed by atoms with E-state index in [1.54, 1.807) is 18.2 Å². The predicted molar refractivity (Wildman–Crippen MR) is 87.6 cm³/mol. The minimum absolute atomic E-state index is 0.0351. The number of carbonyl (C=O) groups is 2. The molecule has 2 aliphatic rings. The molecule has 0 aromatic heterocycles. The standard InChI is InChI=1S/C18H21FN2O4/c1-12(22)15-16(13-4-2-3-5-14(13)19)21(18(24)17(15)23)7-6-20-8-10-25-11-9-20/h2-5,16,23H,6-11H2,1H3/p+1/t16-/m1/s1. The van der Waals surface area contributed by atoms with Gasteiger partial charge in [-0.3, -0.25) is 9.59 Å². The number of ketones is 1. The van der Waals surface area contributed by atoms with Crippen molar-refractivity contribution in [3.8, 4) is 0 Å². The van der Waals surface area contributed by atoms with Crippen LogP contribution in [0, 0.1) is 5.82 Å². The molecule has 1 amide bonds. The molecule has 0 saturated carbocycles. The average molecular weight is 349 g/mol. The Labute approximate surface area is 145 Å². The summed E-state index contributed by atoms with van der Waals surface area (Å²) in [7, 11) is 0. The molecular weight excluding hydrogens is 327 g/mol. The number of aliphatic hydroxyl groups excluding tert-OH is 1. The Hall–Kier alpha value is -2.25. The van der Waals surface area contributed by atoms with Gasteiger partial charge in [0, 0.05) is 5.56 Å². The third-order valence-electron chi connectivity index (χ3n) is 4.79. The highest BCUT2D eigenvalue weighted by molar-refractivity contribution is 6.08. The molecule has 2 N–H and O–H groups in total. The van der Waals surface area contributed by atoms with E-state index in [-0.39, 0.29) is 11.1 Å². The van der Waals surface area contributed by atoms with Crippen molar-refractivity contribution in [2.45, 2.75) is 13.0 Å². The molecule has 134 valence electrons. The molecule has 6 nitrogen and oxygen atoms in total. The highest BCUT2D eigenvalue weighted by Crippen LogP contribution is 2.38. The zero-order valence-corrected chi connectivity index (χ0v) is 14.1. The fraction of sp³-hybridized carbons (Fsp3) is 0.444. The Bertz CT molecular complexity index is 713. The summed E-state index contributed by atoms with van der Waals surface area (Å²) in [6.45, 7) is 5.27. The normalized spacial score (nSPS) is 21.9. The van der Waals surface area contributed by atoms with Gasteiger partial charge in [-0.15, -0.1) is 0 Å². The first kappa shape index (κ1) is 17.6. The minimum atomic E-state index is -0.883. The van der Waals surface area contributed by atoms with E-state index in [1.165, 1.54) is 22.8 Å². The number of rotatable bonds is 5. The lowest BCUT2D eigenvalue weighted by Gasteiger charge is -2.30. The Morgan fingerprint density at radius 2 is 2.04 bits per heavy atom. The first-order chi connectivity index (χ1) is 12.0. The van der Waals surface area contributed by atoms with E-state index in [1.807, 2.05) is 0 Å². The van der Waals surface area contributed by atoms with E-state index in [2.05, 4.69) is 0 Å². The topological polar surface area (TPSA) is 71.3 Å². The van der Waals surface area contributed by atoms with Gasteiger partial charge < -0.3 is 19.6 Å². The lowest BCUT2D eigenvalue weighted by Crippen LogP contribution is -3.14. The lowest BCUT2D eigenvalue weighted by molar-refractivity contribution is -0.907. The van der Waals surface area contributed by atoms with Crippen molar-refractivity contribution >= 4 is 11.7 Å². The van der Waals surface area contributed by atoms with Gasteiger partial charge in [0.2, 0.25) is 0 Å². The van der Waals surface area contributed by atoms with Crippen LogP contribution >= 0.6 is 0 Å². The molecule has 1 fully saturated rings. The van der Waals surface area contributed by atoms with E-state index in [9.17, 15) is 19.1 Å². The van der Waals surface area contributed by atoms with Gasteiger partial charge in [0.25, 0.3) is 5.91 Å². The number of quaternary nitrogens is 1. The second kappa shape index (κ2) is 7.33. The summed E-state index contributed by atoms with van der Waals surface area (Å²) in [6.07, 6.45) is 0. The maximum absolute atomic E-state index is 14.3. The maximum atomic E-state index is 14.3. The fourth-order valence-corrected chi connectivity index (χ4v) is 3.45. The smallest absolute Gasteiger partial charge is 0.290 e. The monoisotopic (exact) mass is 349 g/mol. The van der Waals surface area contributed by atoms with Crippen molar-refractivity contribution in [3.05, 3.63) is 47.0 Å².